The molecular weight excluding hydrogens is 405 g/mol. The van der Waals surface area contributed by atoms with Crippen molar-refractivity contribution in [1.29, 1.82) is 0 Å². The van der Waals surface area contributed by atoms with Gasteiger partial charge in [0.05, 0.1) is 5.02 Å². The lowest BCUT2D eigenvalue weighted by atomic mass is 10.0. The minimum absolute atomic E-state index is 0.0396. The maximum Gasteiger partial charge on any atom is 0.271 e. The van der Waals surface area contributed by atoms with E-state index in [1.807, 2.05) is 0 Å². The fraction of sp³-hybridized carbons (Fsp3) is 0.111. The van der Waals surface area contributed by atoms with Gasteiger partial charge in [0.1, 0.15) is 25.1 Å². The molecule has 6 nitrogen and oxygen atoms in total. The number of halogens is 3. The van der Waals surface area contributed by atoms with Crippen molar-refractivity contribution in [3.05, 3.63) is 63.3 Å². The van der Waals surface area contributed by atoms with Gasteiger partial charge in [0, 0.05) is 28.9 Å². The second-order valence-electron chi connectivity index (χ2n) is 5.94. The number of amides is 1. The van der Waals surface area contributed by atoms with Crippen molar-refractivity contribution >= 4 is 48.2 Å². The van der Waals surface area contributed by atoms with Crippen molar-refractivity contribution < 1.29 is 13.9 Å². The number of hydrogen-bond acceptors (Lipinski definition) is 4. The molecule has 0 aliphatic carbocycles. The largest absolute Gasteiger partial charge is 0.453 e. The molecule has 0 unspecified atom stereocenters. The van der Waals surface area contributed by atoms with Crippen molar-refractivity contribution in [2.75, 3.05) is 5.73 Å². The number of hydrogen-bond donors (Lipinski definition) is 3. The molecule has 0 bridgehead atoms. The van der Waals surface area contributed by atoms with Crippen LogP contribution in [0.5, 0.6) is 11.5 Å². The first kappa shape index (κ1) is 20.0. The normalized spacial score (nSPS) is 10.7. The number of carbonyl (C=O) groups is 1. The highest BCUT2D eigenvalue weighted by Crippen LogP contribution is 2.35. The molecule has 0 saturated carbocycles. The van der Waals surface area contributed by atoms with E-state index in [9.17, 15) is 9.18 Å². The van der Waals surface area contributed by atoms with Gasteiger partial charge in [0.25, 0.3) is 5.91 Å². The highest BCUT2D eigenvalue weighted by atomic mass is 35.5. The van der Waals surface area contributed by atoms with Gasteiger partial charge >= 0.3 is 0 Å². The second-order valence-corrected chi connectivity index (χ2v) is 6.78. The summed E-state index contributed by atoms with van der Waals surface area (Å²) >= 11 is 12.0. The van der Waals surface area contributed by atoms with E-state index in [2.05, 4.69) is 15.3 Å². The summed E-state index contributed by atoms with van der Waals surface area (Å²) in [6.07, 6.45) is 0. The van der Waals surface area contributed by atoms with Gasteiger partial charge in [-0.05, 0) is 30.7 Å². The highest BCUT2D eigenvalue weighted by molar-refractivity contribution is 6.34. The van der Waals surface area contributed by atoms with E-state index in [4.69, 9.17) is 41.5 Å². The summed E-state index contributed by atoms with van der Waals surface area (Å²) in [4.78, 5) is 18.9. The molecule has 2 radical (unpaired) electrons. The van der Waals surface area contributed by atoms with E-state index in [-0.39, 0.29) is 39.9 Å². The number of nitrogens with one attached hydrogen (secondary N) is 2. The maximum atomic E-state index is 14.9. The van der Waals surface area contributed by atoms with E-state index in [0.29, 0.717) is 16.5 Å². The summed E-state index contributed by atoms with van der Waals surface area (Å²) in [5.41, 5.74) is 6.40. The number of rotatable bonds is 5. The first-order chi connectivity index (χ1) is 13.2. The van der Waals surface area contributed by atoms with Gasteiger partial charge in [-0.2, -0.15) is 0 Å². The van der Waals surface area contributed by atoms with Crippen LogP contribution in [0, 0.1) is 12.7 Å². The molecule has 0 saturated heterocycles. The molecule has 0 fully saturated rings. The first-order valence-corrected chi connectivity index (χ1v) is 8.81. The molecule has 4 N–H and O–H groups in total. The van der Waals surface area contributed by atoms with Gasteiger partial charge in [0.15, 0.2) is 11.6 Å². The Morgan fingerprint density at radius 1 is 1.36 bits per heavy atom. The number of nitrogens with zero attached hydrogens (tertiary/aromatic N) is 1. The number of carbonyl (C=O) groups excluding carboxylic acids is 1. The van der Waals surface area contributed by atoms with E-state index in [0.717, 1.165) is 0 Å². The molecular formula is C18H14BCl2FN4O2. The number of imidazole rings is 1. The van der Waals surface area contributed by atoms with Crippen molar-refractivity contribution in [3.8, 4) is 11.5 Å². The maximum absolute atomic E-state index is 14.9. The molecule has 28 heavy (non-hydrogen) atoms. The summed E-state index contributed by atoms with van der Waals surface area (Å²) < 4.78 is 20.4. The first-order valence-electron chi connectivity index (χ1n) is 8.05. The summed E-state index contributed by atoms with van der Waals surface area (Å²) in [7, 11) is 5.68. The molecule has 0 aliphatic heterocycles. The third kappa shape index (κ3) is 4.40. The molecule has 1 heterocycles. The number of ether oxygens (including phenoxy) is 1. The van der Waals surface area contributed by atoms with Crippen LogP contribution in [0.2, 0.25) is 10.0 Å². The fourth-order valence-corrected chi connectivity index (χ4v) is 2.92. The van der Waals surface area contributed by atoms with Gasteiger partial charge in [-0.25, -0.2) is 9.37 Å². The Morgan fingerprint density at radius 2 is 2.11 bits per heavy atom. The van der Waals surface area contributed by atoms with Crippen LogP contribution in [0.1, 0.15) is 21.9 Å². The van der Waals surface area contributed by atoms with Crippen molar-refractivity contribution in [2.24, 2.45) is 0 Å². The topological polar surface area (TPSA) is 93.0 Å². The summed E-state index contributed by atoms with van der Waals surface area (Å²) in [6, 6.07) is 7.39. The summed E-state index contributed by atoms with van der Waals surface area (Å²) in [5.74, 6) is -0.743. The lowest BCUT2D eigenvalue weighted by Crippen LogP contribution is -2.28. The minimum atomic E-state index is -0.725. The number of aromatic amines is 1. The van der Waals surface area contributed by atoms with Crippen molar-refractivity contribution in [3.63, 3.8) is 0 Å². The number of H-pyrrole nitrogens is 1. The number of anilines is 1. The van der Waals surface area contributed by atoms with Crippen LogP contribution in [0.3, 0.4) is 0 Å². The van der Waals surface area contributed by atoms with Crippen LogP contribution in [0.4, 0.5) is 10.1 Å². The predicted octanol–water partition coefficient (Wildman–Crippen LogP) is 3.26. The molecule has 1 amide bonds. The average Bonchev–Trinajstić information content (AvgIpc) is 2.95. The molecule has 10 heteroatoms. The lowest BCUT2D eigenvalue weighted by molar-refractivity contribution is 0.0947. The number of aryl methyl sites for hydroxylation is 1. The number of nitrogen functional groups attached to an aromatic ring is 1. The monoisotopic (exact) mass is 418 g/mol. The Kier molecular flexibility index (Phi) is 5.81. The van der Waals surface area contributed by atoms with E-state index >= 15 is 0 Å². The fourth-order valence-electron chi connectivity index (χ4n) is 2.51. The average molecular weight is 419 g/mol. The van der Waals surface area contributed by atoms with Gasteiger partial charge in [0.2, 0.25) is 0 Å². The second kappa shape index (κ2) is 8.12. The minimum Gasteiger partial charge on any atom is -0.453 e. The quantitative estimate of drug-likeness (QED) is 0.438. The summed E-state index contributed by atoms with van der Waals surface area (Å²) in [5, 5.41) is 2.95. The van der Waals surface area contributed by atoms with Crippen molar-refractivity contribution in [2.45, 2.75) is 13.5 Å². The Morgan fingerprint density at radius 3 is 2.75 bits per heavy atom. The Bertz CT molecular complexity index is 1040. The van der Waals surface area contributed by atoms with Crippen LogP contribution in [0.15, 0.2) is 30.3 Å². The van der Waals surface area contributed by atoms with Gasteiger partial charge in [-0.15, -0.1) is 0 Å². The molecule has 3 rings (SSSR count). The van der Waals surface area contributed by atoms with Crippen molar-refractivity contribution in [1.82, 2.24) is 15.3 Å². The van der Waals surface area contributed by atoms with Gasteiger partial charge < -0.3 is 20.8 Å². The molecule has 142 valence electrons. The van der Waals surface area contributed by atoms with Crippen LogP contribution in [0.25, 0.3) is 0 Å². The van der Waals surface area contributed by atoms with E-state index in [1.165, 1.54) is 30.3 Å². The number of benzene rings is 2. The smallest absolute Gasteiger partial charge is 0.271 e. The Balaban J connectivity index is 1.80. The Hall–Kier alpha value is -2.71. The Labute approximate surface area is 171 Å². The molecule has 0 aliphatic rings. The third-order valence-electron chi connectivity index (χ3n) is 3.75. The number of nitrogens with two attached hydrogens (primary N) is 1. The van der Waals surface area contributed by atoms with Gasteiger partial charge in [-0.1, -0.05) is 29.3 Å². The zero-order valence-corrected chi connectivity index (χ0v) is 16.2. The van der Waals surface area contributed by atoms with Crippen LogP contribution in [-0.2, 0) is 6.54 Å². The van der Waals surface area contributed by atoms with E-state index < -0.39 is 11.7 Å². The molecule has 0 atom stereocenters. The number of aromatic nitrogens is 2. The van der Waals surface area contributed by atoms with Crippen LogP contribution < -0.4 is 21.4 Å². The van der Waals surface area contributed by atoms with Crippen LogP contribution in [-0.4, -0.2) is 23.7 Å². The predicted molar refractivity (Wildman–Crippen MR) is 107 cm³/mol. The molecule has 0 spiro atoms. The van der Waals surface area contributed by atoms with Crippen LogP contribution >= 0.6 is 23.2 Å². The molecule has 2 aromatic carbocycles. The summed E-state index contributed by atoms with van der Waals surface area (Å²) in [6.45, 7) is 1.54. The van der Waals surface area contributed by atoms with Gasteiger partial charge in [-0.3, -0.25) is 4.79 Å². The zero-order chi connectivity index (χ0) is 20.4. The highest BCUT2D eigenvalue weighted by Gasteiger charge is 2.18. The standard InChI is InChI=1S/C18H14BCl2FN4O2/c1-8-25-15(17(19)26-8)18(27)24-7-9-2-3-13(21)16(14(9)22)28-12-5-10(20)4-11(23)6-12/h2-6H,7,23H2,1H3,(H,24,27)(H,25,26). The SMILES string of the molecule is [B]c1[nH]c(C)nc1C(=O)NCc1ccc(Cl)c(Oc2cc(N)cc(Cl)c2)c1F. The molecule has 3 aromatic rings. The zero-order valence-electron chi connectivity index (χ0n) is 14.6. The van der Waals surface area contributed by atoms with E-state index in [1.54, 1.807) is 6.92 Å². The third-order valence-corrected chi connectivity index (χ3v) is 4.26. The molecule has 1 aromatic heterocycles. The lowest BCUT2D eigenvalue weighted by Gasteiger charge is -2.13.